The predicted molar refractivity (Wildman–Crippen MR) is 85.2 cm³/mol. The van der Waals surface area contributed by atoms with Gasteiger partial charge in [-0.15, -0.1) is 0 Å². The van der Waals surface area contributed by atoms with E-state index in [1.165, 1.54) is 6.26 Å². The van der Waals surface area contributed by atoms with Crippen molar-refractivity contribution in [2.45, 2.75) is 13.5 Å². The molecule has 0 aliphatic rings. The quantitative estimate of drug-likeness (QED) is 0.831. The Kier molecular flexibility index (Phi) is 5.31. The van der Waals surface area contributed by atoms with Gasteiger partial charge in [-0.25, -0.2) is 8.42 Å². The molecule has 0 spiro atoms. The Hall–Kier alpha value is -1.73. The number of nitrogens with zero attached hydrogens (tertiary/aromatic N) is 1. The highest BCUT2D eigenvalue weighted by Gasteiger charge is 2.08. The van der Waals surface area contributed by atoms with E-state index in [9.17, 15) is 8.42 Å². The van der Waals surface area contributed by atoms with Gasteiger partial charge in [0.25, 0.3) is 0 Å². The molecular formula is C14H17ClN2O4S. The Morgan fingerprint density at radius 2 is 2.14 bits per heavy atom. The second-order valence-corrected chi connectivity index (χ2v) is 7.60. The fraction of sp³-hybridized carbons (Fsp3) is 0.357. The molecule has 0 atom stereocenters. The second-order valence-electron chi connectivity index (χ2n) is 4.90. The summed E-state index contributed by atoms with van der Waals surface area (Å²) in [6.07, 6.45) is 1.17. The standard InChI is InChI=1S/C14H17ClN2O4S/c1-10-7-12(17-21-10)9-16-13-8-11(15)3-4-14(13)20-5-6-22(2,18)19/h3-4,7-8,16H,5-6,9H2,1-2H3. The van der Waals surface area contributed by atoms with Crippen LogP contribution < -0.4 is 10.1 Å². The first kappa shape index (κ1) is 16.6. The van der Waals surface area contributed by atoms with Crippen LogP contribution in [-0.2, 0) is 16.4 Å². The van der Waals surface area contributed by atoms with E-state index in [0.717, 1.165) is 11.5 Å². The number of rotatable bonds is 7. The molecule has 0 saturated heterocycles. The number of hydrogen-bond acceptors (Lipinski definition) is 6. The fourth-order valence-electron chi connectivity index (χ4n) is 1.76. The van der Waals surface area contributed by atoms with Crippen molar-refractivity contribution in [2.24, 2.45) is 0 Å². The highest BCUT2D eigenvalue weighted by atomic mass is 35.5. The van der Waals surface area contributed by atoms with Crippen molar-refractivity contribution in [1.29, 1.82) is 0 Å². The maximum absolute atomic E-state index is 11.1. The summed E-state index contributed by atoms with van der Waals surface area (Å²) in [5, 5.41) is 7.59. The number of aromatic nitrogens is 1. The van der Waals surface area contributed by atoms with Gasteiger partial charge in [-0.1, -0.05) is 16.8 Å². The molecule has 6 nitrogen and oxygen atoms in total. The number of hydrogen-bond donors (Lipinski definition) is 1. The maximum atomic E-state index is 11.1. The lowest BCUT2D eigenvalue weighted by Crippen LogP contribution is -2.13. The van der Waals surface area contributed by atoms with Crippen LogP contribution in [0.3, 0.4) is 0 Å². The average Bonchev–Trinajstić information content (AvgIpc) is 2.83. The van der Waals surface area contributed by atoms with E-state index in [4.69, 9.17) is 20.9 Å². The van der Waals surface area contributed by atoms with Crippen LogP contribution >= 0.6 is 11.6 Å². The Balaban J connectivity index is 2.03. The van der Waals surface area contributed by atoms with E-state index in [1.807, 2.05) is 13.0 Å². The van der Waals surface area contributed by atoms with Crippen molar-refractivity contribution in [3.63, 3.8) is 0 Å². The van der Waals surface area contributed by atoms with E-state index in [-0.39, 0.29) is 12.4 Å². The van der Waals surface area contributed by atoms with Gasteiger partial charge in [0.15, 0.2) is 9.84 Å². The lowest BCUT2D eigenvalue weighted by Gasteiger charge is -2.12. The maximum Gasteiger partial charge on any atom is 0.150 e. The van der Waals surface area contributed by atoms with Crippen molar-refractivity contribution >= 4 is 27.1 Å². The first-order valence-electron chi connectivity index (χ1n) is 6.59. The molecule has 1 N–H and O–H groups in total. The van der Waals surface area contributed by atoms with Gasteiger partial charge in [0.05, 0.1) is 18.0 Å². The summed E-state index contributed by atoms with van der Waals surface area (Å²) in [5.41, 5.74) is 1.42. The second kappa shape index (κ2) is 7.02. The number of halogens is 1. The molecule has 0 unspecified atom stereocenters. The lowest BCUT2D eigenvalue weighted by molar-refractivity contribution is 0.342. The molecule has 22 heavy (non-hydrogen) atoms. The van der Waals surface area contributed by atoms with Crippen LogP contribution in [0.1, 0.15) is 11.5 Å². The largest absolute Gasteiger partial charge is 0.490 e. The zero-order chi connectivity index (χ0) is 16.2. The molecule has 2 aromatic rings. The van der Waals surface area contributed by atoms with Gasteiger partial charge in [-0.3, -0.25) is 0 Å². The molecule has 120 valence electrons. The van der Waals surface area contributed by atoms with Crippen LogP contribution in [0, 0.1) is 6.92 Å². The van der Waals surface area contributed by atoms with E-state index in [0.29, 0.717) is 23.0 Å². The number of nitrogens with one attached hydrogen (secondary N) is 1. The molecular weight excluding hydrogens is 328 g/mol. The minimum absolute atomic E-state index is 0.0441. The number of anilines is 1. The average molecular weight is 345 g/mol. The highest BCUT2D eigenvalue weighted by Crippen LogP contribution is 2.28. The Morgan fingerprint density at radius 1 is 1.36 bits per heavy atom. The molecule has 0 aliphatic heterocycles. The molecule has 0 radical (unpaired) electrons. The number of benzene rings is 1. The third-order valence-corrected chi connectivity index (χ3v) is 3.93. The summed E-state index contributed by atoms with van der Waals surface area (Å²) in [7, 11) is -3.06. The third kappa shape index (κ3) is 5.23. The molecule has 0 fully saturated rings. The van der Waals surface area contributed by atoms with Crippen LogP contribution in [0.2, 0.25) is 5.02 Å². The van der Waals surface area contributed by atoms with Gasteiger partial charge >= 0.3 is 0 Å². The van der Waals surface area contributed by atoms with E-state index in [1.54, 1.807) is 18.2 Å². The van der Waals surface area contributed by atoms with Crippen LogP contribution in [0.5, 0.6) is 5.75 Å². The smallest absolute Gasteiger partial charge is 0.150 e. The van der Waals surface area contributed by atoms with Crippen molar-refractivity contribution in [1.82, 2.24) is 5.16 Å². The molecule has 1 aromatic heterocycles. The normalized spacial score (nSPS) is 11.4. The van der Waals surface area contributed by atoms with Crippen molar-refractivity contribution in [3.05, 3.63) is 40.7 Å². The summed E-state index contributed by atoms with van der Waals surface area (Å²) in [6, 6.07) is 6.91. The zero-order valence-electron chi connectivity index (χ0n) is 12.3. The van der Waals surface area contributed by atoms with Gasteiger partial charge in [0, 0.05) is 17.3 Å². The number of ether oxygens (including phenoxy) is 1. The predicted octanol–water partition coefficient (Wildman–Crippen LogP) is 2.67. The minimum atomic E-state index is -3.06. The first-order chi connectivity index (χ1) is 10.3. The molecule has 1 heterocycles. The topological polar surface area (TPSA) is 81.4 Å². The van der Waals surface area contributed by atoms with Crippen LogP contribution in [0.25, 0.3) is 0 Å². The highest BCUT2D eigenvalue weighted by molar-refractivity contribution is 7.90. The first-order valence-corrected chi connectivity index (χ1v) is 9.03. The number of sulfone groups is 1. The van der Waals surface area contributed by atoms with E-state index < -0.39 is 9.84 Å². The molecule has 2 rings (SSSR count). The van der Waals surface area contributed by atoms with E-state index in [2.05, 4.69) is 10.5 Å². The summed E-state index contributed by atoms with van der Waals surface area (Å²) < 4.78 is 32.8. The SMILES string of the molecule is Cc1cc(CNc2cc(Cl)ccc2OCCS(C)(=O)=O)no1. The van der Waals surface area contributed by atoms with Crippen molar-refractivity contribution in [3.8, 4) is 5.75 Å². The summed E-state index contributed by atoms with van der Waals surface area (Å²) in [5.74, 6) is 1.22. The van der Waals surface area contributed by atoms with Gasteiger partial charge in [-0.05, 0) is 25.1 Å². The van der Waals surface area contributed by atoms with Crippen molar-refractivity contribution < 1.29 is 17.7 Å². The summed E-state index contributed by atoms with van der Waals surface area (Å²) >= 11 is 5.98. The molecule has 0 amide bonds. The number of aryl methyl sites for hydroxylation is 1. The lowest BCUT2D eigenvalue weighted by atomic mass is 10.2. The minimum Gasteiger partial charge on any atom is -0.490 e. The van der Waals surface area contributed by atoms with Crippen molar-refractivity contribution in [2.75, 3.05) is 23.9 Å². The Morgan fingerprint density at radius 3 is 2.77 bits per heavy atom. The van der Waals surface area contributed by atoms with Gasteiger partial charge in [0.1, 0.15) is 23.8 Å². The molecule has 1 aromatic carbocycles. The summed E-state index contributed by atoms with van der Waals surface area (Å²) in [4.78, 5) is 0. The van der Waals surface area contributed by atoms with Gasteiger partial charge < -0.3 is 14.6 Å². The van der Waals surface area contributed by atoms with Crippen LogP contribution in [-0.4, -0.2) is 32.2 Å². The molecule has 8 heteroatoms. The van der Waals surface area contributed by atoms with Gasteiger partial charge in [-0.2, -0.15) is 0 Å². The zero-order valence-corrected chi connectivity index (χ0v) is 13.9. The molecule has 0 aliphatic carbocycles. The molecule has 0 bridgehead atoms. The van der Waals surface area contributed by atoms with Crippen LogP contribution in [0.15, 0.2) is 28.8 Å². The summed E-state index contributed by atoms with van der Waals surface area (Å²) in [6.45, 7) is 2.34. The monoisotopic (exact) mass is 344 g/mol. The third-order valence-electron chi connectivity index (χ3n) is 2.79. The Bertz CT molecular complexity index is 743. The van der Waals surface area contributed by atoms with E-state index >= 15 is 0 Å². The fourth-order valence-corrected chi connectivity index (χ4v) is 2.31. The van der Waals surface area contributed by atoms with Crippen LogP contribution in [0.4, 0.5) is 5.69 Å². The Labute approximate surface area is 134 Å². The van der Waals surface area contributed by atoms with Gasteiger partial charge in [0.2, 0.25) is 0 Å². The molecule has 0 saturated carbocycles.